The summed E-state index contributed by atoms with van der Waals surface area (Å²) in [6.45, 7) is 6.28. The molecule has 3 rings (SSSR count). The van der Waals surface area contributed by atoms with E-state index in [1.54, 1.807) is 24.3 Å². The van der Waals surface area contributed by atoms with Crippen LogP contribution in [-0.2, 0) is 20.9 Å². The number of nitrogens with one attached hydrogen (secondary N) is 1. The SMILES string of the molecule is CC(=O)Nc1ccc(C2=C(N(C)Cc3ccccc3)C(=O)N(CC(C)C)C2=O)cc1. The second-order valence-electron chi connectivity index (χ2n) is 7.94. The third-order valence-corrected chi connectivity index (χ3v) is 4.83. The molecule has 3 amide bonds. The Morgan fingerprint density at radius 2 is 1.63 bits per heavy atom. The second-order valence-corrected chi connectivity index (χ2v) is 7.94. The third kappa shape index (κ3) is 4.59. The number of rotatable bonds is 7. The molecule has 0 aliphatic carbocycles. The van der Waals surface area contributed by atoms with E-state index in [4.69, 9.17) is 0 Å². The molecule has 2 aromatic carbocycles. The predicted molar refractivity (Wildman–Crippen MR) is 117 cm³/mol. The molecular formula is C24H27N3O3. The monoisotopic (exact) mass is 405 g/mol. The third-order valence-electron chi connectivity index (χ3n) is 4.83. The van der Waals surface area contributed by atoms with Crippen molar-refractivity contribution in [3.05, 3.63) is 71.4 Å². The first-order valence-electron chi connectivity index (χ1n) is 10.0. The van der Waals surface area contributed by atoms with E-state index in [9.17, 15) is 14.4 Å². The van der Waals surface area contributed by atoms with Crippen molar-refractivity contribution in [3.63, 3.8) is 0 Å². The molecule has 0 unspecified atom stereocenters. The Labute approximate surface area is 177 Å². The van der Waals surface area contributed by atoms with Crippen LogP contribution < -0.4 is 5.32 Å². The molecule has 1 heterocycles. The van der Waals surface area contributed by atoms with Gasteiger partial charge in [0.15, 0.2) is 0 Å². The number of hydrogen-bond acceptors (Lipinski definition) is 4. The highest BCUT2D eigenvalue weighted by Gasteiger charge is 2.40. The zero-order valence-electron chi connectivity index (χ0n) is 17.8. The Hall–Kier alpha value is -3.41. The lowest BCUT2D eigenvalue weighted by molar-refractivity contribution is -0.138. The Morgan fingerprint density at radius 1 is 1.00 bits per heavy atom. The Kier molecular flexibility index (Phi) is 6.35. The van der Waals surface area contributed by atoms with Crippen molar-refractivity contribution in [3.8, 4) is 0 Å². The minimum Gasteiger partial charge on any atom is -0.365 e. The van der Waals surface area contributed by atoms with Gasteiger partial charge in [0, 0.05) is 32.7 Å². The number of anilines is 1. The van der Waals surface area contributed by atoms with Crippen molar-refractivity contribution in [2.45, 2.75) is 27.3 Å². The zero-order valence-corrected chi connectivity index (χ0v) is 17.8. The van der Waals surface area contributed by atoms with Gasteiger partial charge in [-0.1, -0.05) is 56.3 Å². The number of carbonyl (C=O) groups excluding carboxylic acids is 3. The molecule has 0 saturated heterocycles. The fourth-order valence-electron chi connectivity index (χ4n) is 3.57. The normalized spacial score (nSPS) is 14.0. The van der Waals surface area contributed by atoms with Gasteiger partial charge in [0.2, 0.25) is 5.91 Å². The predicted octanol–water partition coefficient (Wildman–Crippen LogP) is 3.51. The number of benzene rings is 2. The standard InChI is InChI=1S/C24H27N3O3/c1-16(2)14-27-23(29)21(19-10-12-20(13-11-19)25-17(3)28)22(24(27)30)26(4)15-18-8-6-5-7-9-18/h5-13,16H,14-15H2,1-4H3,(H,25,28). The van der Waals surface area contributed by atoms with Crippen LogP contribution in [0.1, 0.15) is 31.9 Å². The molecule has 0 fully saturated rings. The quantitative estimate of drug-likeness (QED) is 0.716. The molecule has 6 heteroatoms. The second kappa shape index (κ2) is 8.95. The molecule has 0 spiro atoms. The molecule has 0 saturated carbocycles. The van der Waals surface area contributed by atoms with Gasteiger partial charge in [-0.15, -0.1) is 0 Å². The van der Waals surface area contributed by atoms with Crippen LogP contribution in [0.15, 0.2) is 60.3 Å². The lowest BCUT2D eigenvalue weighted by Gasteiger charge is -2.22. The highest BCUT2D eigenvalue weighted by Crippen LogP contribution is 2.32. The zero-order chi connectivity index (χ0) is 21.8. The van der Waals surface area contributed by atoms with E-state index < -0.39 is 0 Å². The topological polar surface area (TPSA) is 69.7 Å². The van der Waals surface area contributed by atoms with Gasteiger partial charge in [-0.3, -0.25) is 19.3 Å². The smallest absolute Gasteiger partial charge is 0.277 e. The fourth-order valence-corrected chi connectivity index (χ4v) is 3.57. The Bertz CT molecular complexity index is 979. The summed E-state index contributed by atoms with van der Waals surface area (Å²) in [7, 11) is 1.83. The van der Waals surface area contributed by atoms with Gasteiger partial charge in [0.1, 0.15) is 5.70 Å². The van der Waals surface area contributed by atoms with Crippen molar-refractivity contribution in [1.82, 2.24) is 9.80 Å². The molecule has 1 aliphatic heterocycles. The summed E-state index contributed by atoms with van der Waals surface area (Å²) in [6.07, 6.45) is 0. The minimum atomic E-state index is -0.282. The molecule has 0 aromatic heterocycles. The molecule has 0 radical (unpaired) electrons. The van der Waals surface area contributed by atoms with Gasteiger partial charge in [-0.2, -0.15) is 0 Å². The maximum absolute atomic E-state index is 13.2. The maximum atomic E-state index is 13.2. The molecule has 6 nitrogen and oxygen atoms in total. The lowest BCUT2D eigenvalue weighted by atomic mass is 10.0. The number of likely N-dealkylation sites (N-methyl/N-ethyl adjacent to an activating group) is 1. The van der Waals surface area contributed by atoms with Gasteiger partial charge in [-0.05, 0) is 29.2 Å². The van der Waals surface area contributed by atoms with Crippen molar-refractivity contribution in [2.75, 3.05) is 18.9 Å². The number of nitrogens with zero attached hydrogens (tertiary/aromatic N) is 2. The average molecular weight is 405 g/mol. The van der Waals surface area contributed by atoms with E-state index in [1.165, 1.54) is 11.8 Å². The summed E-state index contributed by atoms with van der Waals surface area (Å²) in [5.74, 6) is -0.551. The van der Waals surface area contributed by atoms with Crippen molar-refractivity contribution >= 4 is 29.0 Å². The average Bonchev–Trinajstić information content (AvgIpc) is 2.93. The summed E-state index contributed by atoms with van der Waals surface area (Å²) in [6, 6.07) is 16.8. The van der Waals surface area contributed by atoms with Crippen LogP contribution >= 0.6 is 0 Å². The molecule has 0 bridgehead atoms. The maximum Gasteiger partial charge on any atom is 0.277 e. The van der Waals surface area contributed by atoms with E-state index in [2.05, 4.69) is 5.32 Å². The van der Waals surface area contributed by atoms with Crippen molar-refractivity contribution < 1.29 is 14.4 Å². The Balaban J connectivity index is 2.00. The number of amides is 3. The summed E-state index contributed by atoms with van der Waals surface area (Å²) >= 11 is 0. The first-order valence-corrected chi connectivity index (χ1v) is 10.0. The summed E-state index contributed by atoms with van der Waals surface area (Å²) in [5, 5.41) is 2.72. The number of hydrogen-bond donors (Lipinski definition) is 1. The van der Waals surface area contributed by atoms with Crippen LogP contribution in [0.3, 0.4) is 0 Å². The first kappa shape index (κ1) is 21.3. The molecule has 1 aliphatic rings. The lowest BCUT2D eigenvalue weighted by Crippen LogP contribution is -2.36. The Morgan fingerprint density at radius 3 is 2.20 bits per heavy atom. The van der Waals surface area contributed by atoms with E-state index in [0.717, 1.165) is 5.56 Å². The summed E-state index contributed by atoms with van der Waals surface area (Å²) < 4.78 is 0. The minimum absolute atomic E-state index is 0.166. The van der Waals surface area contributed by atoms with E-state index in [0.29, 0.717) is 35.6 Å². The first-order chi connectivity index (χ1) is 14.3. The molecule has 30 heavy (non-hydrogen) atoms. The fraction of sp³-hybridized carbons (Fsp3) is 0.292. The van der Waals surface area contributed by atoms with Crippen LogP contribution in [0.5, 0.6) is 0 Å². The largest absolute Gasteiger partial charge is 0.365 e. The van der Waals surface area contributed by atoms with Crippen LogP contribution in [0.2, 0.25) is 0 Å². The molecule has 0 atom stereocenters. The van der Waals surface area contributed by atoms with Gasteiger partial charge in [-0.25, -0.2) is 0 Å². The summed E-state index contributed by atoms with van der Waals surface area (Å²) in [5.41, 5.74) is 3.14. The van der Waals surface area contributed by atoms with Crippen LogP contribution in [-0.4, -0.2) is 41.1 Å². The highest BCUT2D eigenvalue weighted by molar-refractivity contribution is 6.35. The van der Waals surface area contributed by atoms with E-state index in [1.807, 2.05) is 56.1 Å². The van der Waals surface area contributed by atoms with Gasteiger partial charge in [0.05, 0.1) is 5.57 Å². The van der Waals surface area contributed by atoms with Crippen LogP contribution in [0.25, 0.3) is 5.57 Å². The van der Waals surface area contributed by atoms with Crippen molar-refractivity contribution in [2.24, 2.45) is 5.92 Å². The highest BCUT2D eigenvalue weighted by atomic mass is 16.2. The van der Waals surface area contributed by atoms with Crippen LogP contribution in [0, 0.1) is 5.92 Å². The van der Waals surface area contributed by atoms with Gasteiger partial charge >= 0.3 is 0 Å². The van der Waals surface area contributed by atoms with Crippen LogP contribution in [0.4, 0.5) is 5.69 Å². The van der Waals surface area contributed by atoms with E-state index >= 15 is 0 Å². The van der Waals surface area contributed by atoms with Gasteiger partial charge in [0.25, 0.3) is 11.8 Å². The van der Waals surface area contributed by atoms with Crippen molar-refractivity contribution in [1.29, 1.82) is 0 Å². The van der Waals surface area contributed by atoms with E-state index in [-0.39, 0.29) is 23.6 Å². The molecule has 2 aromatic rings. The molecule has 156 valence electrons. The molecule has 1 N–H and O–H groups in total. The summed E-state index contributed by atoms with van der Waals surface area (Å²) in [4.78, 5) is 40.9. The number of imide groups is 1. The molecular weight excluding hydrogens is 378 g/mol. The number of carbonyl (C=O) groups is 3. The van der Waals surface area contributed by atoms with Gasteiger partial charge < -0.3 is 10.2 Å².